The van der Waals surface area contributed by atoms with Crippen molar-refractivity contribution in [2.24, 2.45) is 0 Å². The minimum Gasteiger partial charge on any atom is -0.443 e. The molecule has 1 aliphatic rings. The van der Waals surface area contributed by atoms with Crippen LogP contribution in [0.4, 0.5) is 10.6 Å². The highest BCUT2D eigenvalue weighted by molar-refractivity contribution is 5.88. The lowest BCUT2D eigenvalue weighted by atomic mass is 9.95. The van der Waals surface area contributed by atoms with Gasteiger partial charge in [-0.15, -0.1) is 0 Å². The molecule has 0 spiro atoms. The summed E-state index contributed by atoms with van der Waals surface area (Å²) in [6.07, 6.45) is 5.00. The molecule has 150 valence electrons. The van der Waals surface area contributed by atoms with Crippen molar-refractivity contribution in [1.82, 2.24) is 9.88 Å². The van der Waals surface area contributed by atoms with Gasteiger partial charge < -0.3 is 9.64 Å². The van der Waals surface area contributed by atoms with E-state index in [1.807, 2.05) is 51.7 Å². The molecule has 0 bridgehead atoms. The molecule has 2 amide bonds. The molecule has 0 radical (unpaired) electrons. The van der Waals surface area contributed by atoms with Gasteiger partial charge in [0.25, 0.3) is 0 Å². The number of hydrogen-bond acceptors (Lipinski definition) is 4. The maximum atomic E-state index is 13.0. The van der Waals surface area contributed by atoms with Crippen LogP contribution >= 0.6 is 0 Å². The average Bonchev–Trinajstić information content (AvgIpc) is 2.60. The van der Waals surface area contributed by atoms with Gasteiger partial charge in [-0.3, -0.25) is 9.69 Å². The smallest absolute Gasteiger partial charge is 0.416 e. The number of aromatic nitrogens is 1. The highest BCUT2D eigenvalue weighted by atomic mass is 16.6. The molecule has 2 rings (SSSR count). The maximum absolute atomic E-state index is 13.0. The Morgan fingerprint density at radius 2 is 2.07 bits per heavy atom. The number of nitrogens with zero attached hydrogens (tertiary/aromatic N) is 3. The number of likely N-dealkylation sites (tertiary alicyclic amines) is 1. The van der Waals surface area contributed by atoms with E-state index in [-0.39, 0.29) is 18.0 Å². The molecule has 1 aromatic heterocycles. The van der Waals surface area contributed by atoms with Crippen LogP contribution in [0.5, 0.6) is 0 Å². The van der Waals surface area contributed by atoms with Crippen LogP contribution in [0.2, 0.25) is 0 Å². The van der Waals surface area contributed by atoms with E-state index in [0.29, 0.717) is 5.82 Å². The largest absolute Gasteiger partial charge is 0.443 e. The maximum Gasteiger partial charge on any atom is 0.416 e. The molecular formula is C21H33N3O3. The SMILES string of the molecule is CC[C@@H](C)N(C(=O)OC(C)(C)C)c1ncccc1[C@H]1CCCCN1C(C)=O. The van der Waals surface area contributed by atoms with Crippen molar-refractivity contribution >= 4 is 17.8 Å². The molecular weight excluding hydrogens is 342 g/mol. The van der Waals surface area contributed by atoms with Crippen LogP contribution in [-0.2, 0) is 9.53 Å². The van der Waals surface area contributed by atoms with Crippen LogP contribution in [0, 0.1) is 0 Å². The second kappa shape index (κ2) is 8.72. The minimum absolute atomic E-state index is 0.0573. The number of pyridine rings is 1. The second-order valence-electron chi connectivity index (χ2n) is 8.25. The molecule has 1 aromatic rings. The number of carbonyl (C=O) groups is 2. The van der Waals surface area contributed by atoms with Gasteiger partial charge in [0.15, 0.2) is 0 Å². The Morgan fingerprint density at radius 1 is 1.37 bits per heavy atom. The van der Waals surface area contributed by atoms with Gasteiger partial charge in [-0.25, -0.2) is 9.78 Å². The standard InChI is InChI=1S/C21H33N3O3/c1-7-15(2)24(20(26)27-21(4,5)6)19-17(11-10-13-22-19)18-12-8-9-14-23(18)16(3)25/h10-11,13,15,18H,7-9,12,14H2,1-6H3/t15-,18-/m1/s1. The van der Waals surface area contributed by atoms with Crippen molar-refractivity contribution in [3.63, 3.8) is 0 Å². The van der Waals surface area contributed by atoms with Crippen LogP contribution < -0.4 is 4.90 Å². The summed E-state index contributed by atoms with van der Waals surface area (Å²) in [5.41, 5.74) is 0.326. The van der Waals surface area contributed by atoms with Crippen molar-refractivity contribution in [2.75, 3.05) is 11.4 Å². The van der Waals surface area contributed by atoms with Gasteiger partial charge in [-0.1, -0.05) is 13.0 Å². The van der Waals surface area contributed by atoms with Gasteiger partial charge in [0, 0.05) is 31.3 Å². The first-order valence-corrected chi connectivity index (χ1v) is 9.90. The molecule has 0 aliphatic carbocycles. The number of carbonyl (C=O) groups excluding carboxylic acids is 2. The molecule has 1 aliphatic heterocycles. The third kappa shape index (κ3) is 5.21. The van der Waals surface area contributed by atoms with Gasteiger partial charge in [-0.05, 0) is 59.4 Å². The Labute approximate surface area is 162 Å². The van der Waals surface area contributed by atoms with E-state index >= 15 is 0 Å². The number of ether oxygens (including phenoxy) is 1. The Balaban J connectivity index is 2.48. The topological polar surface area (TPSA) is 62.7 Å². The third-order valence-electron chi connectivity index (χ3n) is 4.93. The van der Waals surface area contributed by atoms with Gasteiger partial charge >= 0.3 is 6.09 Å². The van der Waals surface area contributed by atoms with Crippen LogP contribution in [-0.4, -0.2) is 40.1 Å². The molecule has 0 saturated carbocycles. The fraction of sp³-hybridized carbons (Fsp3) is 0.667. The quantitative estimate of drug-likeness (QED) is 0.765. The molecule has 2 atom stereocenters. The summed E-state index contributed by atoms with van der Waals surface area (Å²) in [5, 5.41) is 0. The van der Waals surface area contributed by atoms with Crippen LogP contribution in [0.25, 0.3) is 0 Å². The molecule has 6 nitrogen and oxygen atoms in total. The number of amides is 2. The summed E-state index contributed by atoms with van der Waals surface area (Å²) in [6, 6.07) is 3.72. The zero-order valence-electron chi connectivity index (χ0n) is 17.5. The van der Waals surface area contributed by atoms with Crippen LogP contribution in [0.3, 0.4) is 0 Å². The predicted molar refractivity (Wildman–Crippen MR) is 107 cm³/mol. The Morgan fingerprint density at radius 3 is 2.67 bits per heavy atom. The van der Waals surface area contributed by atoms with Crippen molar-refractivity contribution in [2.45, 2.75) is 84.9 Å². The van der Waals surface area contributed by atoms with Crippen molar-refractivity contribution in [3.05, 3.63) is 23.9 Å². The van der Waals surface area contributed by atoms with E-state index in [4.69, 9.17) is 4.74 Å². The molecule has 2 heterocycles. The normalized spacial score (nSPS) is 18.7. The summed E-state index contributed by atoms with van der Waals surface area (Å²) in [7, 11) is 0. The van der Waals surface area contributed by atoms with Gasteiger partial charge in [0.05, 0.1) is 6.04 Å². The summed E-state index contributed by atoms with van der Waals surface area (Å²) < 4.78 is 5.66. The minimum atomic E-state index is -0.589. The van der Waals surface area contributed by atoms with E-state index in [1.54, 1.807) is 18.0 Å². The molecule has 0 N–H and O–H groups in total. The zero-order valence-corrected chi connectivity index (χ0v) is 17.5. The lowest BCUT2D eigenvalue weighted by Crippen LogP contribution is -2.44. The molecule has 6 heteroatoms. The highest BCUT2D eigenvalue weighted by Crippen LogP contribution is 2.36. The fourth-order valence-corrected chi connectivity index (χ4v) is 3.47. The molecule has 27 heavy (non-hydrogen) atoms. The first kappa shape index (κ1) is 21.2. The summed E-state index contributed by atoms with van der Waals surface area (Å²) in [4.78, 5) is 33.3. The number of hydrogen-bond donors (Lipinski definition) is 0. The van der Waals surface area contributed by atoms with Gasteiger partial charge in [-0.2, -0.15) is 0 Å². The lowest BCUT2D eigenvalue weighted by molar-refractivity contribution is -0.132. The summed E-state index contributed by atoms with van der Waals surface area (Å²) in [5.74, 6) is 0.654. The van der Waals surface area contributed by atoms with Crippen molar-refractivity contribution in [1.29, 1.82) is 0 Å². The summed E-state index contributed by atoms with van der Waals surface area (Å²) >= 11 is 0. The first-order chi connectivity index (χ1) is 12.7. The monoisotopic (exact) mass is 375 g/mol. The predicted octanol–water partition coefficient (Wildman–Crippen LogP) is 4.70. The third-order valence-corrected chi connectivity index (χ3v) is 4.93. The van der Waals surface area contributed by atoms with Crippen molar-refractivity contribution < 1.29 is 14.3 Å². The van der Waals surface area contributed by atoms with Gasteiger partial charge in [0.1, 0.15) is 11.4 Å². The second-order valence-corrected chi connectivity index (χ2v) is 8.25. The number of anilines is 1. The van der Waals surface area contributed by atoms with E-state index in [0.717, 1.165) is 37.8 Å². The van der Waals surface area contributed by atoms with Crippen LogP contribution in [0.15, 0.2) is 18.3 Å². The van der Waals surface area contributed by atoms with E-state index in [9.17, 15) is 9.59 Å². The molecule has 0 aromatic carbocycles. The van der Waals surface area contributed by atoms with E-state index in [1.165, 1.54) is 0 Å². The molecule has 1 fully saturated rings. The van der Waals surface area contributed by atoms with E-state index < -0.39 is 11.7 Å². The molecule has 1 saturated heterocycles. The average molecular weight is 376 g/mol. The lowest BCUT2D eigenvalue weighted by Gasteiger charge is -2.38. The number of rotatable bonds is 4. The van der Waals surface area contributed by atoms with Crippen LogP contribution in [0.1, 0.15) is 78.8 Å². The van der Waals surface area contributed by atoms with E-state index in [2.05, 4.69) is 4.98 Å². The number of piperidine rings is 1. The molecule has 0 unspecified atom stereocenters. The fourth-order valence-electron chi connectivity index (χ4n) is 3.47. The first-order valence-electron chi connectivity index (χ1n) is 9.90. The highest BCUT2D eigenvalue weighted by Gasteiger charge is 2.34. The van der Waals surface area contributed by atoms with Gasteiger partial charge in [0.2, 0.25) is 5.91 Å². The Bertz CT molecular complexity index is 669. The Hall–Kier alpha value is -2.11. The van der Waals surface area contributed by atoms with Crippen molar-refractivity contribution in [3.8, 4) is 0 Å². The summed E-state index contributed by atoms with van der Waals surface area (Å²) in [6.45, 7) is 11.9. The zero-order chi connectivity index (χ0) is 20.2. The Kier molecular flexibility index (Phi) is 6.84.